The minimum absolute atomic E-state index is 0.608. The number of fused-ring (bicyclic) bond motifs is 9. The topological polar surface area (TPSA) is 61.4 Å². The molecule has 0 spiro atoms. The molecule has 0 unspecified atom stereocenters. The van der Waals surface area contributed by atoms with Crippen LogP contribution in [0.25, 0.3) is 134 Å². The SMILES string of the molecule is c1ccc(-c2ccc3c(c2)c2c4ccc5c(c4ccc2n3-c2nc(-c3ccccc3)cc(-c3ccccc3)n2)c2cc(-c3ccccc3)ccc2n5-c2nc(-c3ccccc3)cc(-c3ccccc3)n2)cc1. The second kappa shape index (κ2) is 17.0. The lowest BCUT2D eigenvalue weighted by Gasteiger charge is -2.12. The Morgan fingerprint density at radius 2 is 0.486 bits per heavy atom. The van der Waals surface area contributed by atoms with Gasteiger partial charge < -0.3 is 0 Å². The van der Waals surface area contributed by atoms with Crippen molar-refractivity contribution in [3.8, 4) is 79.2 Å². The van der Waals surface area contributed by atoms with Crippen LogP contribution in [-0.2, 0) is 0 Å². The molecule has 0 aliphatic heterocycles. The van der Waals surface area contributed by atoms with Crippen molar-refractivity contribution in [3.05, 3.63) is 255 Å². The van der Waals surface area contributed by atoms with E-state index in [1.165, 1.54) is 0 Å². The Hall–Kier alpha value is -9.78. The molecule has 4 aromatic heterocycles. The molecule has 14 rings (SSSR count). The van der Waals surface area contributed by atoms with Gasteiger partial charge in [0.2, 0.25) is 11.9 Å². The minimum Gasteiger partial charge on any atom is -0.278 e. The molecule has 0 saturated heterocycles. The average molecular weight is 919 g/mol. The summed E-state index contributed by atoms with van der Waals surface area (Å²) in [6.07, 6.45) is 0. The predicted molar refractivity (Wildman–Crippen MR) is 296 cm³/mol. The van der Waals surface area contributed by atoms with Gasteiger partial charge in [0.15, 0.2) is 0 Å². The van der Waals surface area contributed by atoms with Gasteiger partial charge in [-0.3, -0.25) is 9.13 Å². The number of hydrogen-bond acceptors (Lipinski definition) is 4. The van der Waals surface area contributed by atoms with Crippen LogP contribution >= 0.6 is 0 Å². The number of rotatable bonds is 8. The molecule has 0 bridgehead atoms. The maximum Gasteiger partial charge on any atom is 0.235 e. The van der Waals surface area contributed by atoms with E-state index >= 15 is 0 Å². The summed E-state index contributed by atoms with van der Waals surface area (Å²) < 4.78 is 4.51. The number of nitrogens with zero attached hydrogens (tertiary/aromatic N) is 6. The quantitative estimate of drug-likeness (QED) is 0.152. The van der Waals surface area contributed by atoms with E-state index in [0.717, 1.165) is 122 Å². The summed E-state index contributed by atoms with van der Waals surface area (Å²) >= 11 is 0. The second-order valence-electron chi connectivity index (χ2n) is 18.2. The summed E-state index contributed by atoms with van der Waals surface area (Å²) in [4.78, 5) is 21.6. The van der Waals surface area contributed by atoms with Crippen molar-refractivity contribution >= 4 is 54.4 Å². The van der Waals surface area contributed by atoms with Gasteiger partial charge in [-0.2, -0.15) is 0 Å². The van der Waals surface area contributed by atoms with Crippen LogP contribution in [0.5, 0.6) is 0 Å². The van der Waals surface area contributed by atoms with E-state index in [2.05, 4.69) is 240 Å². The molecular weight excluding hydrogens is 877 g/mol. The van der Waals surface area contributed by atoms with Crippen LogP contribution in [0, 0.1) is 0 Å². The van der Waals surface area contributed by atoms with Crippen molar-refractivity contribution in [1.82, 2.24) is 29.1 Å². The van der Waals surface area contributed by atoms with Gasteiger partial charge in [0.1, 0.15) is 0 Å². The van der Waals surface area contributed by atoms with Crippen molar-refractivity contribution in [3.63, 3.8) is 0 Å². The molecule has 0 saturated carbocycles. The van der Waals surface area contributed by atoms with E-state index < -0.39 is 0 Å². The second-order valence-corrected chi connectivity index (χ2v) is 18.2. The lowest BCUT2D eigenvalue weighted by Crippen LogP contribution is -2.04. The monoisotopic (exact) mass is 918 g/mol. The largest absolute Gasteiger partial charge is 0.278 e. The number of benzene rings is 10. The van der Waals surface area contributed by atoms with Gasteiger partial charge in [0.25, 0.3) is 0 Å². The maximum absolute atomic E-state index is 5.39. The third kappa shape index (κ3) is 6.96. The van der Waals surface area contributed by atoms with Crippen molar-refractivity contribution in [2.24, 2.45) is 0 Å². The van der Waals surface area contributed by atoms with Crippen molar-refractivity contribution < 1.29 is 0 Å². The van der Waals surface area contributed by atoms with E-state index in [1.807, 2.05) is 24.3 Å². The normalized spacial score (nSPS) is 11.6. The molecule has 0 radical (unpaired) electrons. The zero-order valence-electron chi connectivity index (χ0n) is 38.9. The highest BCUT2D eigenvalue weighted by molar-refractivity contribution is 6.30. The van der Waals surface area contributed by atoms with Gasteiger partial charge in [-0.05, 0) is 81.6 Å². The fourth-order valence-corrected chi connectivity index (χ4v) is 10.6. The Balaban J connectivity index is 1.09. The van der Waals surface area contributed by atoms with Crippen LogP contribution in [0.4, 0.5) is 0 Å². The molecule has 336 valence electrons. The van der Waals surface area contributed by atoms with Crippen molar-refractivity contribution in [2.45, 2.75) is 0 Å². The van der Waals surface area contributed by atoms with E-state index in [9.17, 15) is 0 Å². The van der Waals surface area contributed by atoms with Crippen molar-refractivity contribution in [1.29, 1.82) is 0 Å². The van der Waals surface area contributed by atoms with Crippen LogP contribution in [0.2, 0.25) is 0 Å². The molecule has 0 N–H and O–H groups in total. The smallest absolute Gasteiger partial charge is 0.235 e. The molecule has 0 fully saturated rings. The summed E-state index contributed by atoms with van der Waals surface area (Å²) in [7, 11) is 0. The molecular formula is C66H42N6. The Bertz CT molecular complexity index is 3940. The van der Waals surface area contributed by atoms with Gasteiger partial charge in [-0.15, -0.1) is 0 Å². The Morgan fingerprint density at radius 3 is 0.792 bits per heavy atom. The third-order valence-electron chi connectivity index (χ3n) is 14.0. The summed E-state index contributed by atoms with van der Waals surface area (Å²) in [5.41, 5.74) is 16.2. The third-order valence-corrected chi connectivity index (χ3v) is 14.0. The molecule has 4 heterocycles. The van der Waals surface area contributed by atoms with Crippen LogP contribution in [0.1, 0.15) is 0 Å². The highest BCUT2D eigenvalue weighted by Crippen LogP contribution is 2.44. The van der Waals surface area contributed by atoms with E-state index in [4.69, 9.17) is 19.9 Å². The zero-order chi connectivity index (χ0) is 47.5. The minimum atomic E-state index is 0.608. The lowest BCUT2D eigenvalue weighted by atomic mass is 9.97. The van der Waals surface area contributed by atoms with Gasteiger partial charge in [0, 0.05) is 43.8 Å². The molecule has 6 nitrogen and oxygen atoms in total. The van der Waals surface area contributed by atoms with Crippen molar-refractivity contribution in [2.75, 3.05) is 0 Å². The highest BCUT2D eigenvalue weighted by Gasteiger charge is 2.24. The molecule has 14 aromatic rings. The maximum atomic E-state index is 5.39. The fraction of sp³-hybridized carbons (Fsp3) is 0. The van der Waals surface area contributed by atoms with E-state index in [0.29, 0.717) is 11.9 Å². The summed E-state index contributed by atoms with van der Waals surface area (Å²) in [6, 6.07) is 89.8. The van der Waals surface area contributed by atoms with Crippen LogP contribution in [0.15, 0.2) is 255 Å². The molecule has 10 aromatic carbocycles. The first-order chi connectivity index (χ1) is 35.7. The van der Waals surface area contributed by atoms with Gasteiger partial charge in [0.05, 0.1) is 44.8 Å². The Morgan fingerprint density at radius 1 is 0.208 bits per heavy atom. The Kier molecular flexibility index (Phi) is 9.74. The first-order valence-corrected chi connectivity index (χ1v) is 24.3. The van der Waals surface area contributed by atoms with Gasteiger partial charge in [-0.25, -0.2) is 19.9 Å². The first kappa shape index (κ1) is 41.2. The van der Waals surface area contributed by atoms with Crippen LogP contribution in [-0.4, -0.2) is 29.1 Å². The highest BCUT2D eigenvalue weighted by atomic mass is 15.2. The first-order valence-electron chi connectivity index (χ1n) is 24.3. The number of aromatic nitrogens is 6. The Labute approximate surface area is 415 Å². The molecule has 0 aliphatic carbocycles. The lowest BCUT2D eigenvalue weighted by molar-refractivity contribution is 0.995. The zero-order valence-corrected chi connectivity index (χ0v) is 38.9. The number of hydrogen-bond donors (Lipinski definition) is 0. The fourth-order valence-electron chi connectivity index (χ4n) is 10.6. The van der Waals surface area contributed by atoms with Gasteiger partial charge >= 0.3 is 0 Å². The standard InChI is InChI=1S/C66H42N6/c1-7-19-43(20-8-1)49-31-35-59-53(39-49)63-51-33-38-62-64(52(51)34-37-61(63)71(59)65-67-55(45-23-11-3-12-24-45)41-56(68-65)46-25-13-4-14-26-46)54-40-50(44-21-9-2-10-22-44)32-36-60(54)72(62)66-69-57(47-27-15-5-16-28-47)42-58(70-66)48-29-17-6-18-30-48/h1-42H. The van der Waals surface area contributed by atoms with E-state index in [-0.39, 0.29) is 0 Å². The van der Waals surface area contributed by atoms with E-state index in [1.54, 1.807) is 0 Å². The molecule has 0 aliphatic rings. The predicted octanol–water partition coefficient (Wildman–Crippen LogP) is 16.6. The summed E-state index contributed by atoms with van der Waals surface area (Å²) in [6.45, 7) is 0. The molecule has 72 heavy (non-hydrogen) atoms. The van der Waals surface area contributed by atoms with Crippen LogP contribution in [0.3, 0.4) is 0 Å². The summed E-state index contributed by atoms with van der Waals surface area (Å²) in [5.74, 6) is 1.22. The average Bonchev–Trinajstić information content (AvgIpc) is 3.99. The van der Waals surface area contributed by atoms with Crippen LogP contribution < -0.4 is 0 Å². The summed E-state index contributed by atoms with van der Waals surface area (Å²) in [5, 5.41) is 6.75. The molecule has 0 amide bonds. The molecule has 6 heteroatoms. The van der Waals surface area contributed by atoms with Gasteiger partial charge in [-0.1, -0.05) is 206 Å². The molecule has 0 atom stereocenters.